The van der Waals surface area contributed by atoms with E-state index in [4.69, 9.17) is 10.00 Å². The number of nitrogens with zero attached hydrogens (tertiary/aromatic N) is 4. The van der Waals surface area contributed by atoms with Gasteiger partial charge in [-0.1, -0.05) is 6.92 Å². The van der Waals surface area contributed by atoms with E-state index in [1.807, 2.05) is 13.0 Å². The molecule has 5 atom stereocenters. The summed E-state index contributed by atoms with van der Waals surface area (Å²) in [5.74, 6) is 1.66. The summed E-state index contributed by atoms with van der Waals surface area (Å²) >= 11 is 0. The van der Waals surface area contributed by atoms with Gasteiger partial charge >= 0.3 is 0 Å². The predicted octanol–water partition coefficient (Wildman–Crippen LogP) is 3.71. The minimum Gasteiger partial charge on any atom is -0.490 e. The van der Waals surface area contributed by atoms with E-state index in [0.29, 0.717) is 40.2 Å². The lowest BCUT2D eigenvalue weighted by atomic mass is 9.97. The van der Waals surface area contributed by atoms with Crippen molar-refractivity contribution in [3.05, 3.63) is 54.1 Å². The molecular weight excluding hydrogens is 397 g/mol. The third-order valence-corrected chi connectivity index (χ3v) is 6.45. The summed E-state index contributed by atoms with van der Waals surface area (Å²) in [5, 5.41) is 19.8. The van der Waals surface area contributed by atoms with Crippen LogP contribution in [0.15, 0.2) is 42.6 Å². The molecule has 2 aliphatic rings. The van der Waals surface area contributed by atoms with Crippen molar-refractivity contribution in [1.82, 2.24) is 15.2 Å². The van der Waals surface area contributed by atoms with Crippen LogP contribution in [0.4, 0.5) is 10.2 Å². The minimum absolute atomic E-state index is 0.0553. The van der Waals surface area contributed by atoms with Gasteiger partial charge in [-0.2, -0.15) is 5.26 Å². The Morgan fingerprint density at radius 1 is 1.23 bits per heavy atom. The van der Waals surface area contributed by atoms with E-state index in [-0.39, 0.29) is 29.4 Å². The fourth-order valence-corrected chi connectivity index (χ4v) is 4.93. The lowest BCUT2D eigenvalue weighted by molar-refractivity contribution is -0.120. The monoisotopic (exact) mass is 417 g/mol. The molecule has 2 aromatic heterocycles. The fourth-order valence-electron chi connectivity index (χ4n) is 4.93. The fraction of sp³-hybridized carbons (Fsp3) is 0.348. The highest BCUT2D eigenvalue weighted by molar-refractivity contribution is 5.92. The van der Waals surface area contributed by atoms with Crippen molar-refractivity contribution < 1.29 is 13.9 Å². The van der Waals surface area contributed by atoms with Gasteiger partial charge in [0, 0.05) is 17.5 Å². The van der Waals surface area contributed by atoms with E-state index in [1.54, 1.807) is 24.4 Å². The number of aromatic nitrogens is 3. The zero-order valence-corrected chi connectivity index (χ0v) is 16.8. The highest BCUT2D eigenvalue weighted by atomic mass is 19.1. The SMILES string of the molecule is CC(C(=O)Nc1ccc(C#N)nn1)[C@H]1[C@@H]2C[C@@H](Oc3ccnc4ccc(F)cc34)C[C@@H]21. The second-order valence-electron chi connectivity index (χ2n) is 8.28. The van der Waals surface area contributed by atoms with Gasteiger partial charge in [-0.15, -0.1) is 10.2 Å². The van der Waals surface area contributed by atoms with Crippen molar-refractivity contribution in [2.75, 3.05) is 5.32 Å². The van der Waals surface area contributed by atoms with Gasteiger partial charge in [0.2, 0.25) is 5.91 Å². The highest BCUT2D eigenvalue weighted by Gasteiger charge is 2.59. The van der Waals surface area contributed by atoms with E-state index in [0.717, 1.165) is 12.8 Å². The van der Waals surface area contributed by atoms with Gasteiger partial charge in [0.05, 0.1) is 11.6 Å². The number of rotatable bonds is 5. The Morgan fingerprint density at radius 3 is 2.74 bits per heavy atom. The van der Waals surface area contributed by atoms with E-state index in [9.17, 15) is 9.18 Å². The van der Waals surface area contributed by atoms with Crippen LogP contribution in [-0.4, -0.2) is 27.2 Å². The Balaban J connectivity index is 1.19. The molecule has 8 heteroatoms. The third-order valence-electron chi connectivity index (χ3n) is 6.45. The molecule has 0 spiro atoms. The summed E-state index contributed by atoms with van der Waals surface area (Å²) in [7, 11) is 0. The molecular formula is C23H20FN5O2. The van der Waals surface area contributed by atoms with E-state index < -0.39 is 0 Å². The Morgan fingerprint density at radius 2 is 2.03 bits per heavy atom. The number of benzene rings is 1. The summed E-state index contributed by atoms with van der Waals surface area (Å²) in [6.07, 6.45) is 3.48. The normalized spacial score (nSPS) is 24.8. The number of nitrogens with one attached hydrogen (secondary N) is 1. The van der Waals surface area contributed by atoms with E-state index in [2.05, 4.69) is 20.5 Å². The van der Waals surface area contributed by atoms with Crippen molar-refractivity contribution in [2.24, 2.45) is 23.7 Å². The maximum absolute atomic E-state index is 13.7. The van der Waals surface area contributed by atoms with E-state index in [1.165, 1.54) is 18.2 Å². The first-order chi connectivity index (χ1) is 15.0. The first-order valence-electron chi connectivity index (χ1n) is 10.3. The zero-order valence-electron chi connectivity index (χ0n) is 16.8. The van der Waals surface area contributed by atoms with Crippen molar-refractivity contribution >= 4 is 22.6 Å². The first kappa shape index (κ1) is 19.4. The second kappa shape index (κ2) is 7.58. The van der Waals surface area contributed by atoms with Crippen molar-refractivity contribution in [2.45, 2.75) is 25.9 Å². The number of hydrogen-bond donors (Lipinski definition) is 1. The number of halogens is 1. The van der Waals surface area contributed by atoms with Crippen LogP contribution in [0.2, 0.25) is 0 Å². The Hall–Kier alpha value is -3.60. The quantitative estimate of drug-likeness (QED) is 0.679. The van der Waals surface area contributed by atoms with Gasteiger partial charge < -0.3 is 10.1 Å². The average molecular weight is 417 g/mol. The van der Waals surface area contributed by atoms with Crippen LogP contribution in [0.3, 0.4) is 0 Å². The number of ether oxygens (including phenoxy) is 1. The summed E-state index contributed by atoms with van der Waals surface area (Å²) in [5.41, 5.74) is 0.912. The molecule has 1 N–H and O–H groups in total. The topological polar surface area (TPSA) is 101 Å². The maximum Gasteiger partial charge on any atom is 0.228 e. The van der Waals surface area contributed by atoms with Gasteiger partial charge in [-0.05, 0) is 67.0 Å². The van der Waals surface area contributed by atoms with Gasteiger partial charge in [0.25, 0.3) is 0 Å². The molecule has 2 heterocycles. The molecule has 0 aliphatic heterocycles. The lowest BCUT2D eigenvalue weighted by Gasteiger charge is -2.20. The number of fused-ring (bicyclic) bond motifs is 2. The molecule has 0 bridgehead atoms. The third kappa shape index (κ3) is 3.67. The van der Waals surface area contributed by atoms with Crippen LogP contribution in [0, 0.1) is 40.8 Å². The minimum atomic E-state index is -0.313. The van der Waals surface area contributed by atoms with Crippen molar-refractivity contribution in [3.8, 4) is 11.8 Å². The smallest absolute Gasteiger partial charge is 0.228 e. The molecule has 1 aromatic carbocycles. The van der Waals surface area contributed by atoms with Gasteiger partial charge in [-0.3, -0.25) is 9.78 Å². The summed E-state index contributed by atoms with van der Waals surface area (Å²) in [4.78, 5) is 16.9. The molecule has 7 nitrogen and oxygen atoms in total. The van der Waals surface area contributed by atoms with Crippen molar-refractivity contribution in [1.29, 1.82) is 5.26 Å². The number of hydrogen-bond acceptors (Lipinski definition) is 6. The number of nitriles is 1. The Bertz CT molecular complexity index is 1180. The summed E-state index contributed by atoms with van der Waals surface area (Å²) < 4.78 is 19.9. The molecule has 3 aromatic rings. The van der Waals surface area contributed by atoms with Gasteiger partial charge in [0.1, 0.15) is 17.6 Å². The molecule has 2 saturated carbocycles. The summed E-state index contributed by atoms with van der Waals surface area (Å²) in [6, 6.07) is 11.3. The lowest BCUT2D eigenvalue weighted by Crippen LogP contribution is -2.26. The molecule has 0 radical (unpaired) electrons. The number of carbonyl (C=O) groups is 1. The van der Waals surface area contributed by atoms with E-state index >= 15 is 0 Å². The largest absolute Gasteiger partial charge is 0.490 e. The molecule has 1 amide bonds. The van der Waals surface area contributed by atoms with Crippen LogP contribution in [0.1, 0.15) is 25.5 Å². The first-order valence-corrected chi connectivity index (χ1v) is 10.3. The molecule has 1 unspecified atom stereocenters. The number of carbonyl (C=O) groups excluding carboxylic acids is 1. The van der Waals surface area contributed by atoms with Crippen LogP contribution in [0.5, 0.6) is 5.75 Å². The molecule has 156 valence electrons. The van der Waals surface area contributed by atoms with Crippen LogP contribution < -0.4 is 10.1 Å². The second-order valence-corrected chi connectivity index (χ2v) is 8.28. The predicted molar refractivity (Wildman–Crippen MR) is 110 cm³/mol. The van der Waals surface area contributed by atoms with Gasteiger partial charge in [-0.25, -0.2) is 4.39 Å². The Kier molecular flexibility index (Phi) is 4.74. The molecule has 5 rings (SSSR count). The Labute approximate surface area is 178 Å². The maximum atomic E-state index is 13.7. The van der Waals surface area contributed by atoms with Crippen LogP contribution in [-0.2, 0) is 4.79 Å². The standard InChI is InChI=1S/C23H20FN5O2/c1-12(23(30)27-21-5-3-14(11-25)28-29-21)22-16-9-15(10-17(16)22)31-20-6-7-26-19-4-2-13(24)8-18(19)20/h2-8,12,15-17,22H,9-10H2,1H3,(H,27,29,30)/t12?,15-,16-,17+,22+. The summed E-state index contributed by atoms with van der Waals surface area (Å²) in [6.45, 7) is 1.93. The van der Waals surface area contributed by atoms with Crippen LogP contribution in [0.25, 0.3) is 10.9 Å². The number of amides is 1. The number of pyridine rings is 1. The average Bonchev–Trinajstić information content (AvgIpc) is 3.28. The van der Waals surface area contributed by atoms with Gasteiger partial charge in [0.15, 0.2) is 11.5 Å². The molecule has 2 fully saturated rings. The zero-order chi connectivity index (χ0) is 21.5. The molecule has 2 aliphatic carbocycles. The molecule has 31 heavy (non-hydrogen) atoms. The number of anilines is 1. The van der Waals surface area contributed by atoms with Crippen molar-refractivity contribution in [3.63, 3.8) is 0 Å². The van der Waals surface area contributed by atoms with Crippen LogP contribution >= 0.6 is 0 Å². The molecule has 0 saturated heterocycles. The highest BCUT2D eigenvalue weighted by Crippen LogP contribution is 2.61.